The molecule has 0 aliphatic heterocycles. The van der Waals surface area contributed by atoms with Gasteiger partial charge in [-0.15, -0.1) is 0 Å². The van der Waals surface area contributed by atoms with Gasteiger partial charge in [-0.05, 0) is 0 Å². The van der Waals surface area contributed by atoms with E-state index in [9.17, 15) is 0 Å². The minimum Gasteiger partial charge on any atom is -0.500 e. The van der Waals surface area contributed by atoms with Gasteiger partial charge in [-0.1, -0.05) is 51.7 Å². The minimum absolute atomic E-state index is 0.100. The molecule has 0 bridgehead atoms. The van der Waals surface area contributed by atoms with Crippen LogP contribution in [0.4, 0.5) is 0 Å². The smallest absolute Gasteiger partial charge is 0.122 e. The first-order valence-corrected chi connectivity index (χ1v) is 5.89. The van der Waals surface area contributed by atoms with Crippen LogP contribution in [-0.2, 0) is 9.47 Å². The van der Waals surface area contributed by atoms with Gasteiger partial charge in [0.15, 0.2) is 0 Å². The maximum Gasteiger partial charge on any atom is 0.122 e. The summed E-state index contributed by atoms with van der Waals surface area (Å²) in [7, 11) is 0. The van der Waals surface area contributed by atoms with Gasteiger partial charge in [0.2, 0.25) is 0 Å². The summed E-state index contributed by atoms with van der Waals surface area (Å²) in [6.07, 6.45) is 2.97. The molecule has 0 aromatic heterocycles. The van der Waals surface area contributed by atoms with Crippen LogP contribution in [0.15, 0.2) is 25.7 Å². The number of rotatable bonds is 7. The van der Waals surface area contributed by atoms with Crippen molar-refractivity contribution in [1.82, 2.24) is 0 Å². The minimum atomic E-state index is 0.100. The van der Waals surface area contributed by atoms with E-state index in [-0.39, 0.29) is 10.9 Å². The zero-order valence-corrected chi connectivity index (χ0v) is 10.5. The Labute approximate surface area is 95.3 Å². The van der Waals surface area contributed by atoms with E-state index >= 15 is 0 Å². The van der Waals surface area contributed by atoms with E-state index in [0.29, 0.717) is 6.61 Å². The average molecular weight is 347 g/mol. The molecule has 4 heteroatoms. The lowest BCUT2D eigenvalue weighted by molar-refractivity contribution is 0.134. The molecular weight excluding hydrogens is 335 g/mol. The normalized spacial score (nSPS) is 14.5. The van der Waals surface area contributed by atoms with E-state index in [1.165, 1.54) is 12.5 Å². The lowest BCUT2D eigenvalue weighted by Gasteiger charge is -2.19. The second-order valence-electron chi connectivity index (χ2n) is 2.01. The maximum absolute atomic E-state index is 5.25. The molecule has 0 heterocycles. The quantitative estimate of drug-likeness (QED) is 0.401. The van der Waals surface area contributed by atoms with Crippen molar-refractivity contribution in [2.75, 3.05) is 11.0 Å². The van der Waals surface area contributed by atoms with Crippen LogP contribution in [-0.4, -0.2) is 22.0 Å². The molecule has 12 heavy (non-hydrogen) atoms. The lowest BCUT2D eigenvalue weighted by Crippen LogP contribution is -2.27. The van der Waals surface area contributed by atoms with Gasteiger partial charge in [-0.25, -0.2) is 0 Å². The van der Waals surface area contributed by atoms with Crippen molar-refractivity contribution < 1.29 is 9.47 Å². The van der Waals surface area contributed by atoms with Crippen LogP contribution in [0.1, 0.15) is 0 Å². The third-order valence-electron chi connectivity index (χ3n) is 1.20. The molecule has 70 valence electrons. The monoisotopic (exact) mass is 346 g/mol. The molecule has 0 rings (SSSR count). The van der Waals surface area contributed by atoms with Crippen LogP contribution in [0.25, 0.3) is 0 Å². The van der Waals surface area contributed by atoms with Crippen LogP contribution >= 0.6 is 38.5 Å². The molecule has 2 atom stereocenters. The van der Waals surface area contributed by atoms with E-state index in [0.717, 1.165) is 4.43 Å². The predicted octanol–water partition coefficient (Wildman–Crippen LogP) is 2.87. The second kappa shape index (κ2) is 7.91. The molecule has 0 aliphatic rings. The van der Waals surface area contributed by atoms with Gasteiger partial charge in [0, 0.05) is 4.43 Å². The van der Waals surface area contributed by atoms with Crippen molar-refractivity contribution in [2.24, 2.45) is 0 Å². The summed E-state index contributed by atoms with van der Waals surface area (Å²) < 4.78 is 11.2. The van der Waals surface area contributed by atoms with Crippen molar-refractivity contribution in [2.45, 2.75) is 10.9 Å². The first kappa shape index (κ1) is 12.3. The van der Waals surface area contributed by atoms with Crippen LogP contribution in [0, 0.1) is 0 Å². The van der Waals surface area contributed by atoms with Crippen molar-refractivity contribution in [3.8, 4) is 0 Å². The molecule has 0 aromatic carbocycles. The second-order valence-corrected chi connectivity index (χ2v) is 4.07. The Morgan fingerprint density at radius 2 is 2.08 bits per heavy atom. The zero-order chi connectivity index (χ0) is 9.40. The molecule has 2 nitrogen and oxygen atoms in total. The Morgan fingerprint density at radius 3 is 2.50 bits per heavy atom. The molecule has 2 unspecified atom stereocenters. The molecule has 0 radical (unpaired) electrons. The number of hydrogen-bond donors (Lipinski definition) is 0. The van der Waals surface area contributed by atoms with Gasteiger partial charge >= 0.3 is 0 Å². The topological polar surface area (TPSA) is 18.5 Å². The Morgan fingerprint density at radius 1 is 1.42 bits per heavy atom. The summed E-state index contributed by atoms with van der Waals surface area (Å²) in [5.74, 6) is 0. The van der Waals surface area contributed by atoms with Crippen molar-refractivity contribution >= 4 is 38.5 Å². The van der Waals surface area contributed by atoms with E-state index in [4.69, 9.17) is 9.47 Å². The Hall–Kier alpha value is 0.290. The lowest BCUT2D eigenvalue weighted by atomic mass is 10.3. The summed E-state index contributed by atoms with van der Waals surface area (Å²) in [6, 6.07) is 0. The third kappa shape index (κ3) is 5.03. The molecule has 0 saturated carbocycles. The number of alkyl halides is 2. The van der Waals surface area contributed by atoms with Gasteiger partial charge in [0.05, 0.1) is 17.4 Å². The van der Waals surface area contributed by atoms with Gasteiger partial charge in [-0.2, -0.15) is 0 Å². The van der Waals surface area contributed by atoms with Crippen LogP contribution in [0.2, 0.25) is 0 Å². The summed E-state index contributed by atoms with van der Waals surface area (Å²) in [6.45, 7) is 7.52. The predicted molar refractivity (Wildman–Crippen MR) is 62.8 cm³/mol. The zero-order valence-electron chi connectivity index (χ0n) is 6.71. The molecule has 0 N–H and O–H groups in total. The summed E-state index contributed by atoms with van der Waals surface area (Å²) in [4.78, 5) is 0.172. The first-order valence-electron chi connectivity index (χ1n) is 3.45. The van der Waals surface area contributed by atoms with Gasteiger partial charge in [0.25, 0.3) is 0 Å². The highest BCUT2D eigenvalue weighted by Gasteiger charge is 2.17. The maximum atomic E-state index is 5.25. The molecule has 0 fully saturated rings. The van der Waals surface area contributed by atoms with Crippen LogP contribution < -0.4 is 0 Å². The van der Waals surface area contributed by atoms with E-state index in [1.54, 1.807) is 0 Å². The van der Waals surface area contributed by atoms with Gasteiger partial charge in [-0.3, -0.25) is 0 Å². The fourth-order valence-corrected chi connectivity index (χ4v) is 2.59. The standard InChI is InChI=1S/C8H12BrIO2/c1-3-11-6-7(9)8(5-10)12-4-2/h3-4,7-8H,1-2,5-6H2. The Bertz CT molecular complexity index is 141. The third-order valence-corrected chi connectivity index (χ3v) is 2.92. The fourth-order valence-electron chi connectivity index (χ4n) is 0.609. The Balaban J connectivity index is 3.74. The Kier molecular flexibility index (Phi) is 8.11. The number of ether oxygens (including phenoxy) is 2. The number of hydrogen-bond acceptors (Lipinski definition) is 2. The largest absolute Gasteiger partial charge is 0.500 e. The van der Waals surface area contributed by atoms with Crippen molar-refractivity contribution in [3.63, 3.8) is 0 Å². The molecule has 0 aromatic rings. The molecule has 0 amide bonds. The SMILES string of the molecule is C=COCC(Br)C(CI)OC=C. The van der Waals surface area contributed by atoms with Crippen LogP contribution in [0.5, 0.6) is 0 Å². The number of halogens is 2. The highest BCUT2D eigenvalue weighted by molar-refractivity contribution is 14.1. The molecule has 0 spiro atoms. The van der Waals surface area contributed by atoms with E-state index in [2.05, 4.69) is 51.7 Å². The van der Waals surface area contributed by atoms with E-state index in [1.807, 2.05) is 0 Å². The highest BCUT2D eigenvalue weighted by Crippen LogP contribution is 2.13. The average Bonchev–Trinajstić information content (AvgIpc) is 2.10. The fraction of sp³-hybridized carbons (Fsp3) is 0.500. The summed E-state index contributed by atoms with van der Waals surface area (Å²) in [5, 5.41) is 0. The van der Waals surface area contributed by atoms with Gasteiger partial charge < -0.3 is 9.47 Å². The van der Waals surface area contributed by atoms with Crippen LogP contribution in [0.3, 0.4) is 0 Å². The summed E-state index contributed by atoms with van der Waals surface area (Å²) >= 11 is 5.71. The molecular formula is C8H12BrIO2. The highest BCUT2D eigenvalue weighted by atomic mass is 127. The first-order chi connectivity index (χ1) is 5.76. The van der Waals surface area contributed by atoms with Crippen molar-refractivity contribution in [3.05, 3.63) is 25.7 Å². The summed E-state index contributed by atoms with van der Waals surface area (Å²) in [5.41, 5.74) is 0. The van der Waals surface area contributed by atoms with Gasteiger partial charge in [0.1, 0.15) is 12.7 Å². The van der Waals surface area contributed by atoms with E-state index < -0.39 is 0 Å². The molecule has 0 aliphatic carbocycles. The molecule has 0 saturated heterocycles. The van der Waals surface area contributed by atoms with Crippen molar-refractivity contribution in [1.29, 1.82) is 0 Å².